The van der Waals surface area contributed by atoms with E-state index in [2.05, 4.69) is 34.7 Å². The van der Waals surface area contributed by atoms with Crippen LogP contribution in [0.4, 0.5) is 0 Å². The number of carboxylic acids is 3. The molecule has 3 aromatic rings. The van der Waals surface area contributed by atoms with Gasteiger partial charge in [0.15, 0.2) is 0 Å². The molecular weight excluding hydrogens is 448 g/mol. The Morgan fingerprint density at radius 1 is 1.06 bits per heavy atom. The van der Waals surface area contributed by atoms with Crippen molar-refractivity contribution in [1.29, 1.82) is 0 Å². The molecule has 8 heteroatoms. The molecule has 1 aromatic heterocycles. The molecule has 2 heterocycles. The normalized spacial score (nSPS) is 22.7. The van der Waals surface area contributed by atoms with E-state index in [4.69, 9.17) is 10.2 Å². The average Bonchev–Trinajstić information content (AvgIpc) is 3.23. The second kappa shape index (κ2) is 9.19. The highest BCUT2D eigenvalue weighted by Gasteiger charge is 2.49. The van der Waals surface area contributed by atoms with Crippen LogP contribution in [0.5, 0.6) is 0 Å². The Kier molecular flexibility index (Phi) is 6.42. The van der Waals surface area contributed by atoms with Gasteiger partial charge in [-0.3, -0.25) is 4.79 Å². The zero-order chi connectivity index (χ0) is 25.5. The van der Waals surface area contributed by atoms with Gasteiger partial charge in [-0.1, -0.05) is 32.0 Å². The molecule has 0 saturated carbocycles. The van der Waals surface area contributed by atoms with Crippen LogP contribution in [0.25, 0.3) is 10.9 Å². The van der Waals surface area contributed by atoms with E-state index >= 15 is 0 Å². The SMILES string of the molecule is CC(C)C1(C(=O)O)CN[C@@H]2Cc3c[nH]c4cccc(c34)[C@H]2C1.Cc1ccc(C(=O)O)cc1C(=O)O. The molecule has 0 amide bonds. The average molecular weight is 479 g/mol. The molecule has 0 spiro atoms. The lowest BCUT2D eigenvalue weighted by Crippen LogP contribution is -2.56. The molecule has 1 saturated heterocycles. The molecule has 1 aliphatic heterocycles. The quantitative estimate of drug-likeness (QED) is 0.377. The minimum absolute atomic E-state index is 0.0111. The van der Waals surface area contributed by atoms with Crippen LogP contribution in [0, 0.1) is 18.3 Å². The fourth-order valence-electron chi connectivity index (χ4n) is 5.43. The molecule has 1 fully saturated rings. The number of aryl methyl sites for hydroxylation is 1. The topological polar surface area (TPSA) is 140 Å². The number of carbonyl (C=O) groups is 3. The van der Waals surface area contributed by atoms with Gasteiger partial charge in [-0.05, 0) is 60.6 Å². The Morgan fingerprint density at radius 2 is 1.80 bits per heavy atom. The minimum Gasteiger partial charge on any atom is -0.481 e. The Balaban J connectivity index is 0.000000191. The van der Waals surface area contributed by atoms with Crippen molar-refractivity contribution in [3.63, 3.8) is 0 Å². The monoisotopic (exact) mass is 478 g/mol. The molecule has 0 radical (unpaired) electrons. The fraction of sp³-hybridized carbons (Fsp3) is 0.370. The number of piperidine rings is 1. The molecule has 2 aliphatic rings. The number of carboxylic acid groups (broad SMARTS) is 3. The van der Waals surface area contributed by atoms with Crippen molar-refractivity contribution in [3.8, 4) is 0 Å². The van der Waals surface area contributed by atoms with Crippen LogP contribution in [0.3, 0.4) is 0 Å². The van der Waals surface area contributed by atoms with E-state index < -0.39 is 23.3 Å². The number of rotatable bonds is 4. The summed E-state index contributed by atoms with van der Waals surface area (Å²) in [6.45, 7) is 6.24. The van der Waals surface area contributed by atoms with Crippen LogP contribution < -0.4 is 5.32 Å². The predicted molar refractivity (Wildman–Crippen MR) is 131 cm³/mol. The third kappa shape index (κ3) is 4.30. The Bertz CT molecular complexity index is 1310. The van der Waals surface area contributed by atoms with Gasteiger partial charge < -0.3 is 25.6 Å². The summed E-state index contributed by atoms with van der Waals surface area (Å²) < 4.78 is 0. The van der Waals surface area contributed by atoms with Crippen LogP contribution in [0.15, 0.2) is 42.6 Å². The van der Waals surface area contributed by atoms with Gasteiger partial charge in [0.2, 0.25) is 0 Å². The van der Waals surface area contributed by atoms with Crippen molar-refractivity contribution < 1.29 is 29.7 Å². The lowest BCUT2D eigenvalue weighted by molar-refractivity contribution is -0.154. The van der Waals surface area contributed by atoms with Crippen LogP contribution >= 0.6 is 0 Å². The van der Waals surface area contributed by atoms with Crippen molar-refractivity contribution >= 4 is 28.8 Å². The number of aromatic carboxylic acids is 2. The van der Waals surface area contributed by atoms with E-state index in [1.54, 1.807) is 6.92 Å². The van der Waals surface area contributed by atoms with Gasteiger partial charge in [-0.15, -0.1) is 0 Å². The molecular formula is C27H30N2O6. The predicted octanol–water partition coefficient (Wildman–Crippen LogP) is 4.29. The smallest absolute Gasteiger partial charge is 0.335 e. The summed E-state index contributed by atoms with van der Waals surface area (Å²) in [6.07, 6.45) is 3.81. The molecule has 2 aromatic carbocycles. The summed E-state index contributed by atoms with van der Waals surface area (Å²) in [5.41, 5.74) is 3.73. The maximum absolute atomic E-state index is 12.0. The van der Waals surface area contributed by atoms with Crippen LogP contribution in [0.2, 0.25) is 0 Å². The van der Waals surface area contributed by atoms with E-state index in [0.717, 1.165) is 18.9 Å². The number of aromatic nitrogens is 1. The minimum atomic E-state index is -1.12. The van der Waals surface area contributed by atoms with E-state index in [9.17, 15) is 19.5 Å². The van der Waals surface area contributed by atoms with Gasteiger partial charge in [0.05, 0.1) is 16.5 Å². The number of aromatic amines is 1. The number of H-pyrrole nitrogens is 1. The van der Waals surface area contributed by atoms with E-state index in [1.165, 1.54) is 34.2 Å². The third-order valence-corrected chi connectivity index (χ3v) is 7.65. The van der Waals surface area contributed by atoms with E-state index in [1.807, 2.05) is 13.8 Å². The molecule has 5 N–H and O–H groups in total. The Hall–Kier alpha value is -3.65. The van der Waals surface area contributed by atoms with Crippen molar-refractivity contribution in [2.24, 2.45) is 11.3 Å². The third-order valence-electron chi connectivity index (χ3n) is 7.65. The van der Waals surface area contributed by atoms with E-state index in [-0.39, 0.29) is 23.0 Å². The summed E-state index contributed by atoms with van der Waals surface area (Å²) in [6, 6.07) is 10.7. The second-order valence-corrected chi connectivity index (χ2v) is 9.84. The largest absolute Gasteiger partial charge is 0.481 e. The van der Waals surface area contributed by atoms with Gasteiger partial charge in [0.25, 0.3) is 0 Å². The van der Waals surface area contributed by atoms with Crippen molar-refractivity contribution in [2.45, 2.75) is 45.6 Å². The van der Waals surface area contributed by atoms with Gasteiger partial charge >= 0.3 is 17.9 Å². The molecule has 35 heavy (non-hydrogen) atoms. The summed E-state index contributed by atoms with van der Waals surface area (Å²) in [5, 5.41) is 32.0. The first-order chi connectivity index (χ1) is 16.5. The summed E-state index contributed by atoms with van der Waals surface area (Å²) >= 11 is 0. The number of fused-ring (bicyclic) bond motifs is 2. The zero-order valence-electron chi connectivity index (χ0n) is 20.0. The number of hydrogen-bond donors (Lipinski definition) is 5. The van der Waals surface area contributed by atoms with Crippen LogP contribution in [-0.4, -0.2) is 50.8 Å². The van der Waals surface area contributed by atoms with Crippen LogP contribution in [0.1, 0.15) is 63.6 Å². The highest BCUT2D eigenvalue weighted by atomic mass is 16.4. The Morgan fingerprint density at radius 3 is 2.43 bits per heavy atom. The lowest BCUT2D eigenvalue weighted by atomic mass is 9.63. The fourth-order valence-corrected chi connectivity index (χ4v) is 5.43. The van der Waals surface area contributed by atoms with Gasteiger partial charge in [0.1, 0.15) is 0 Å². The summed E-state index contributed by atoms with van der Waals surface area (Å²) in [5.74, 6) is -2.51. The Labute approximate surface area is 203 Å². The second-order valence-electron chi connectivity index (χ2n) is 9.84. The molecule has 184 valence electrons. The lowest BCUT2D eigenvalue weighted by Gasteiger charge is -2.47. The van der Waals surface area contributed by atoms with Crippen molar-refractivity contribution in [3.05, 3.63) is 70.4 Å². The summed E-state index contributed by atoms with van der Waals surface area (Å²) in [7, 11) is 0. The number of hydrogen-bond acceptors (Lipinski definition) is 4. The first-order valence-corrected chi connectivity index (χ1v) is 11.7. The molecule has 5 rings (SSSR count). The molecule has 1 aliphatic carbocycles. The number of benzene rings is 2. The molecule has 3 atom stereocenters. The van der Waals surface area contributed by atoms with Crippen LogP contribution in [-0.2, 0) is 11.2 Å². The first-order valence-electron chi connectivity index (χ1n) is 11.7. The first kappa shape index (κ1) is 24.5. The number of aliphatic carboxylic acids is 1. The molecule has 0 bridgehead atoms. The van der Waals surface area contributed by atoms with Crippen molar-refractivity contribution in [2.75, 3.05) is 6.54 Å². The zero-order valence-corrected chi connectivity index (χ0v) is 20.0. The highest BCUT2D eigenvalue weighted by Crippen LogP contribution is 2.48. The van der Waals surface area contributed by atoms with E-state index in [0.29, 0.717) is 18.2 Å². The standard InChI is InChI=1S/C18H22N2O2.C9H8O4/c1-10(2)18(17(21)22)7-13-12-4-3-5-14-16(12)11(8-19-14)6-15(13)20-9-18;1-5-2-3-6(8(10)11)4-7(5)9(12)13/h3-5,8,10,13,15,19-20H,6-7,9H2,1-2H3,(H,21,22);2-4H,1H3,(H,10,11)(H,12,13)/t13-,15-,18?;/m1./s1. The highest BCUT2D eigenvalue weighted by molar-refractivity contribution is 5.94. The van der Waals surface area contributed by atoms with Gasteiger partial charge in [-0.25, -0.2) is 9.59 Å². The maximum atomic E-state index is 12.0. The maximum Gasteiger partial charge on any atom is 0.335 e. The molecule has 1 unspecified atom stereocenters. The van der Waals surface area contributed by atoms with Gasteiger partial charge in [0, 0.05) is 35.6 Å². The van der Waals surface area contributed by atoms with Crippen molar-refractivity contribution in [1.82, 2.24) is 10.3 Å². The van der Waals surface area contributed by atoms with Gasteiger partial charge in [-0.2, -0.15) is 0 Å². The molecule has 8 nitrogen and oxygen atoms in total. The number of nitrogens with one attached hydrogen (secondary N) is 2. The summed E-state index contributed by atoms with van der Waals surface area (Å²) in [4.78, 5) is 36.4.